The van der Waals surface area contributed by atoms with Crippen molar-refractivity contribution in [2.45, 2.75) is 27.7 Å². The molecule has 2 nitrogen and oxygen atoms in total. The molecule has 0 amide bonds. The van der Waals surface area contributed by atoms with Crippen LogP contribution in [0.25, 0.3) is 22.3 Å². The van der Waals surface area contributed by atoms with Crippen molar-refractivity contribution in [2.24, 2.45) is 0 Å². The number of nitrogens with zero attached hydrogens (tertiary/aromatic N) is 1. The molecule has 0 radical (unpaired) electrons. The Hall–Kier alpha value is -2.81. The molecule has 2 aromatic rings. The van der Waals surface area contributed by atoms with Crippen molar-refractivity contribution < 1.29 is 17.3 Å². The molecule has 1 aliphatic heterocycles. The lowest BCUT2D eigenvalue weighted by Crippen LogP contribution is -3.02. The Labute approximate surface area is 187 Å². The van der Waals surface area contributed by atoms with E-state index in [9.17, 15) is 0 Å². The summed E-state index contributed by atoms with van der Waals surface area (Å²) in [5.41, 5.74) is 11.3. The fourth-order valence-corrected chi connectivity index (χ4v) is 3.94. The molecule has 3 heteroatoms. The number of para-hydroxylation sites is 2. The minimum atomic E-state index is 0. The summed E-state index contributed by atoms with van der Waals surface area (Å²) in [6, 6.07) is 12.7. The number of allylic oxidation sites excluding steroid dienone is 4. The van der Waals surface area contributed by atoms with E-state index < -0.39 is 0 Å². The highest BCUT2D eigenvalue weighted by molar-refractivity contribution is 5.86. The van der Waals surface area contributed by atoms with Crippen LogP contribution in [0.4, 0.5) is 11.4 Å². The molecule has 1 unspecified atom stereocenters. The van der Waals surface area contributed by atoms with E-state index in [-0.39, 0.29) is 12.4 Å². The van der Waals surface area contributed by atoms with Gasteiger partial charge in [0.05, 0.1) is 11.9 Å². The fraction of sp³-hybridized carbons (Fsp3) is 0.185. The number of hydrogen-bond acceptors (Lipinski definition) is 1. The van der Waals surface area contributed by atoms with Crippen molar-refractivity contribution in [3.63, 3.8) is 0 Å². The molecule has 0 bridgehead atoms. The van der Waals surface area contributed by atoms with E-state index in [4.69, 9.17) is 0 Å². The number of quaternary nitrogens is 1. The van der Waals surface area contributed by atoms with E-state index in [1.54, 1.807) is 0 Å². The standard InChI is InChI=1S/C27H30N2.ClH/c1-18(2)22-11-9-12-23(19(3)4)26(22)28-15-16-29(17-28)27-24(20(5)6)13-10-14-25(27)21(7)8;/h9-16H,1,3,5,7,17H2,2,4,6,8H3;1H. The topological polar surface area (TPSA) is 7.68 Å². The summed E-state index contributed by atoms with van der Waals surface area (Å²) in [6.07, 6.45) is 4.38. The van der Waals surface area contributed by atoms with Gasteiger partial charge in [-0.3, -0.25) is 9.80 Å². The highest BCUT2D eigenvalue weighted by atomic mass is 35.5. The Morgan fingerprint density at radius 1 is 0.733 bits per heavy atom. The Morgan fingerprint density at radius 3 is 1.53 bits per heavy atom. The Morgan fingerprint density at radius 2 is 1.13 bits per heavy atom. The van der Waals surface area contributed by atoms with Gasteiger partial charge in [0.15, 0.2) is 12.4 Å². The van der Waals surface area contributed by atoms with Crippen LogP contribution in [0.3, 0.4) is 0 Å². The number of hydrogen-bond donors (Lipinski definition) is 1. The smallest absolute Gasteiger partial charge is 0.166 e. The third-order valence-corrected chi connectivity index (χ3v) is 5.34. The third kappa shape index (κ3) is 4.35. The average molecular weight is 419 g/mol. The zero-order valence-corrected chi connectivity index (χ0v) is 19.2. The number of halogens is 1. The highest BCUT2D eigenvalue weighted by Crippen LogP contribution is 2.35. The van der Waals surface area contributed by atoms with E-state index in [1.165, 1.54) is 27.4 Å². The molecular formula is C27H31ClN2. The molecule has 30 heavy (non-hydrogen) atoms. The van der Waals surface area contributed by atoms with Gasteiger partial charge in [0.1, 0.15) is 6.20 Å². The molecule has 156 valence electrons. The van der Waals surface area contributed by atoms with Crippen LogP contribution in [0.15, 0.2) is 75.1 Å². The number of nitrogens with one attached hydrogen (secondary N) is 1. The van der Waals surface area contributed by atoms with Crippen molar-refractivity contribution in [3.05, 3.63) is 97.4 Å². The van der Waals surface area contributed by atoms with Gasteiger partial charge in [-0.05, 0) is 62.1 Å². The van der Waals surface area contributed by atoms with Crippen molar-refractivity contribution in [1.29, 1.82) is 0 Å². The molecule has 0 aliphatic carbocycles. The monoisotopic (exact) mass is 418 g/mol. The number of rotatable bonds is 6. The van der Waals surface area contributed by atoms with Gasteiger partial charge in [0, 0.05) is 22.3 Å². The van der Waals surface area contributed by atoms with Gasteiger partial charge in [-0.25, -0.2) is 0 Å². The summed E-state index contributed by atoms with van der Waals surface area (Å²) in [5.74, 6) is 0. The molecule has 0 spiro atoms. The van der Waals surface area contributed by atoms with Crippen molar-refractivity contribution in [1.82, 2.24) is 0 Å². The van der Waals surface area contributed by atoms with Gasteiger partial charge in [0.25, 0.3) is 0 Å². The first-order valence-electron chi connectivity index (χ1n) is 9.93. The largest absolute Gasteiger partial charge is 1.00 e. The van der Waals surface area contributed by atoms with Crippen LogP contribution in [0.1, 0.15) is 49.9 Å². The lowest BCUT2D eigenvalue weighted by Gasteiger charge is -2.25. The Bertz CT molecular complexity index is 911. The Kier molecular flexibility index (Phi) is 7.30. The van der Waals surface area contributed by atoms with Crippen LogP contribution in [0.2, 0.25) is 0 Å². The molecular weight excluding hydrogens is 388 g/mol. The minimum absolute atomic E-state index is 0. The summed E-state index contributed by atoms with van der Waals surface area (Å²) in [7, 11) is 0. The van der Waals surface area contributed by atoms with Crippen LogP contribution < -0.4 is 22.2 Å². The maximum absolute atomic E-state index is 4.21. The molecule has 1 heterocycles. The van der Waals surface area contributed by atoms with Gasteiger partial charge < -0.3 is 12.4 Å². The molecule has 0 saturated heterocycles. The normalized spacial score (nSPS) is 14.9. The molecule has 1 atom stereocenters. The van der Waals surface area contributed by atoms with Crippen molar-refractivity contribution in [2.75, 3.05) is 11.6 Å². The lowest BCUT2D eigenvalue weighted by atomic mass is 9.97. The average Bonchev–Trinajstić information content (AvgIpc) is 3.15. The maximum Gasteiger partial charge on any atom is 0.166 e. The van der Waals surface area contributed by atoms with E-state index in [2.05, 4.69) is 108 Å². The Balaban J connectivity index is 0.00000320. The predicted molar refractivity (Wildman–Crippen MR) is 129 cm³/mol. The number of anilines is 1. The van der Waals surface area contributed by atoms with Gasteiger partial charge in [0.2, 0.25) is 0 Å². The van der Waals surface area contributed by atoms with Crippen LogP contribution in [-0.4, -0.2) is 6.67 Å². The third-order valence-electron chi connectivity index (χ3n) is 5.34. The molecule has 0 fully saturated rings. The summed E-state index contributed by atoms with van der Waals surface area (Å²) < 4.78 is 0. The second kappa shape index (κ2) is 9.34. The molecule has 3 rings (SSSR count). The maximum atomic E-state index is 4.21. The molecule has 0 saturated carbocycles. The highest BCUT2D eigenvalue weighted by Gasteiger charge is 2.28. The van der Waals surface area contributed by atoms with E-state index in [0.29, 0.717) is 0 Å². The van der Waals surface area contributed by atoms with Gasteiger partial charge >= 0.3 is 0 Å². The second-order valence-electron chi connectivity index (χ2n) is 8.02. The zero-order valence-electron chi connectivity index (χ0n) is 18.5. The van der Waals surface area contributed by atoms with E-state index >= 15 is 0 Å². The van der Waals surface area contributed by atoms with Crippen LogP contribution >= 0.6 is 0 Å². The van der Waals surface area contributed by atoms with Gasteiger partial charge in [-0.2, -0.15) is 0 Å². The van der Waals surface area contributed by atoms with E-state index in [1.807, 2.05) is 0 Å². The molecule has 0 aromatic heterocycles. The minimum Gasteiger partial charge on any atom is -1.00 e. The van der Waals surface area contributed by atoms with Gasteiger partial charge in [-0.15, -0.1) is 0 Å². The van der Waals surface area contributed by atoms with Crippen LogP contribution in [0, 0.1) is 0 Å². The van der Waals surface area contributed by atoms with Crippen molar-refractivity contribution >= 4 is 33.7 Å². The summed E-state index contributed by atoms with van der Waals surface area (Å²) in [6.45, 7) is 25.8. The predicted octanol–water partition coefficient (Wildman–Crippen LogP) is 3.29. The first-order valence-corrected chi connectivity index (χ1v) is 9.93. The van der Waals surface area contributed by atoms with Crippen molar-refractivity contribution in [3.8, 4) is 0 Å². The molecule has 1 N–H and O–H groups in total. The second-order valence-corrected chi connectivity index (χ2v) is 8.02. The first-order chi connectivity index (χ1) is 13.7. The molecule has 1 aliphatic rings. The number of benzene rings is 2. The quantitative estimate of drug-likeness (QED) is 0.756. The zero-order chi connectivity index (χ0) is 21.3. The first kappa shape index (κ1) is 23.5. The fourth-order valence-electron chi connectivity index (χ4n) is 3.94. The lowest BCUT2D eigenvalue weighted by molar-refractivity contribution is -0.767. The van der Waals surface area contributed by atoms with E-state index in [0.717, 1.165) is 40.1 Å². The molecule has 2 aromatic carbocycles. The van der Waals surface area contributed by atoms with Crippen LogP contribution in [-0.2, 0) is 0 Å². The van der Waals surface area contributed by atoms with Gasteiger partial charge in [-0.1, -0.05) is 50.6 Å². The summed E-state index contributed by atoms with van der Waals surface area (Å²) >= 11 is 0. The SMILES string of the molecule is C=C(C)c1cccc(C(=C)C)c1N1C=C[NH+](c2c(C(=C)C)cccc2C(=C)C)C1.[Cl-]. The van der Waals surface area contributed by atoms with Crippen LogP contribution in [0.5, 0.6) is 0 Å². The summed E-state index contributed by atoms with van der Waals surface area (Å²) in [4.78, 5) is 3.58. The summed E-state index contributed by atoms with van der Waals surface area (Å²) in [5, 5.41) is 0.